The van der Waals surface area contributed by atoms with Gasteiger partial charge in [-0.25, -0.2) is 28.9 Å². The maximum absolute atomic E-state index is 13.4. The Hall–Kier alpha value is -5.14. The first kappa shape index (κ1) is 44.0. The first-order valence-corrected chi connectivity index (χ1v) is 16.7. The SMILES string of the molecule is CC(C)(C)C(=O)ONCCCCC(NOC(=O)C(C)(C)C)C(=O)Oc1ccc(C(OC(=O)O)N2C(=O)CCC2=O)c(C(=O)NNOC(=O)C(C)(C)C)c1. The number of esters is 1. The number of carboxylic acid groups (broad SMARTS) is 1. The zero-order chi connectivity index (χ0) is 40.3. The summed E-state index contributed by atoms with van der Waals surface area (Å²) in [4.78, 5) is 116. The third kappa shape index (κ3) is 13.7. The van der Waals surface area contributed by atoms with E-state index in [0.29, 0.717) is 17.7 Å². The quantitative estimate of drug-likeness (QED) is 0.0406. The molecule has 1 aromatic carbocycles. The van der Waals surface area contributed by atoms with Crippen molar-refractivity contribution in [2.24, 2.45) is 16.2 Å². The van der Waals surface area contributed by atoms with Gasteiger partial charge >= 0.3 is 30.0 Å². The number of rotatable bonds is 16. The van der Waals surface area contributed by atoms with E-state index in [-0.39, 0.29) is 37.1 Å². The maximum Gasteiger partial charge on any atom is 0.507 e. The molecule has 1 saturated heterocycles. The first-order valence-electron chi connectivity index (χ1n) is 16.7. The van der Waals surface area contributed by atoms with Gasteiger partial charge in [0, 0.05) is 24.9 Å². The van der Waals surface area contributed by atoms with E-state index in [1.807, 2.05) is 5.59 Å². The second-order valence-electron chi connectivity index (χ2n) is 15.1. The number of carbonyl (C=O) groups excluding carboxylic acids is 7. The Bertz CT molecular complexity index is 1540. The molecule has 1 fully saturated rings. The van der Waals surface area contributed by atoms with Crippen molar-refractivity contribution in [3.05, 3.63) is 29.3 Å². The van der Waals surface area contributed by atoms with Crippen molar-refractivity contribution in [3.8, 4) is 5.75 Å². The second kappa shape index (κ2) is 18.6. The molecule has 0 aliphatic carbocycles. The van der Waals surface area contributed by atoms with Gasteiger partial charge in [-0.15, -0.1) is 5.48 Å². The van der Waals surface area contributed by atoms with Crippen LogP contribution in [-0.2, 0) is 48.0 Å². The van der Waals surface area contributed by atoms with E-state index in [4.69, 9.17) is 24.0 Å². The van der Waals surface area contributed by atoms with Crippen LogP contribution in [0, 0.1) is 16.2 Å². The zero-order valence-electron chi connectivity index (χ0n) is 31.3. The van der Waals surface area contributed by atoms with Gasteiger partial charge in [0.25, 0.3) is 5.91 Å². The van der Waals surface area contributed by atoms with Crippen molar-refractivity contribution in [2.45, 2.75) is 107 Å². The highest BCUT2D eigenvalue weighted by Crippen LogP contribution is 2.33. The fourth-order valence-corrected chi connectivity index (χ4v) is 4.06. The number of ether oxygens (including phenoxy) is 2. The van der Waals surface area contributed by atoms with Gasteiger partial charge in [-0.1, -0.05) is 5.59 Å². The van der Waals surface area contributed by atoms with Crippen LogP contribution < -0.4 is 26.7 Å². The number of amides is 3. The van der Waals surface area contributed by atoms with Crippen LogP contribution in [-0.4, -0.2) is 70.3 Å². The van der Waals surface area contributed by atoms with Gasteiger partial charge in [0.2, 0.25) is 18.0 Å². The molecule has 2 atom stereocenters. The van der Waals surface area contributed by atoms with Crippen molar-refractivity contribution < 1.29 is 67.4 Å². The number of hydrogen-bond acceptors (Lipinski definition) is 16. The third-order valence-electron chi connectivity index (χ3n) is 7.20. The van der Waals surface area contributed by atoms with Crippen molar-refractivity contribution in [1.29, 1.82) is 0 Å². The molecule has 2 rings (SSSR count). The molecule has 294 valence electrons. The molecule has 0 radical (unpaired) electrons. The number of hydroxylamine groups is 2. The molecule has 53 heavy (non-hydrogen) atoms. The fourth-order valence-electron chi connectivity index (χ4n) is 4.06. The summed E-state index contributed by atoms with van der Waals surface area (Å²) < 4.78 is 10.4. The van der Waals surface area contributed by atoms with E-state index >= 15 is 0 Å². The molecule has 3 amide bonds. The molecule has 19 nitrogen and oxygen atoms in total. The predicted octanol–water partition coefficient (Wildman–Crippen LogP) is 2.90. The van der Waals surface area contributed by atoms with Crippen molar-refractivity contribution >= 4 is 47.8 Å². The summed E-state index contributed by atoms with van der Waals surface area (Å²) >= 11 is 0. The number of nitrogens with zero attached hydrogens (tertiary/aromatic N) is 1. The second-order valence-corrected chi connectivity index (χ2v) is 15.1. The number of imide groups is 1. The number of hydrazine groups is 1. The van der Waals surface area contributed by atoms with Crippen LogP contribution in [0.3, 0.4) is 0 Å². The highest BCUT2D eigenvalue weighted by Gasteiger charge is 2.40. The number of likely N-dealkylation sites (tertiary alicyclic amines) is 1. The minimum absolute atomic E-state index is 0.0629. The van der Waals surface area contributed by atoms with E-state index in [1.54, 1.807) is 62.3 Å². The lowest BCUT2D eigenvalue weighted by atomic mass is 9.98. The Morgan fingerprint density at radius 2 is 1.34 bits per heavy atom. The summed E-state index contributed by atoms with van der Waals surface area (Å²) in [6.07, 6.45) is -3.42. The smallest absolute Gasteiger partial charge is 0.450 e. The summed E-state index contributed by atoms with van der Waals surface area (Å²) in [7, 11) is 0. The molecule has 2 unspecified atom stereocenters. The van der Waals surface area contributed by atoms with Crippen LogP contribution in [0.1, 0.15) is 117 Å². The standard InChI is InChI=1S/C34H49N5O14/c1-32(2,3)28(44)51-35-17-11-10-12-22(37-52-29(45)33(4,5)6)27(43)49-19-13-14-20(26(50-31(47)48)39-23(40)15-16-24(39)41)21(18-19)25(42)36-38-53-30(46)34(7,8)9/h13-14,18,22,26,35,37-38H,10-12,15-17H2,1-9H3,(H,36,42)(H,47,48). The van der Waals surface area contributed by atoms with Crippen molar-refractivity contribution in [1.82, 2.24) is 26.9 Å². The molecule has 0 saturated carbocycles. The summed E-state index contributed by atoms with van der Waals surface area (Å²) in [5.74, 6) is -5.73. The maximum atomic E-state index is 13.4. The molecular weight excluding hydrogens is 702 g/mol. The van der Waals surface area contributed by atoms with Crippen LogP contribution in [0.15, 0.2) is 18.2 Å². The Morgan fingerprint density at radius 1 is 0.792 bits per heavy atom. The van der Waals surface area contributed by atoms with E-state index in [2.05, 4.69) is 16.4 Å². The fraction of sp³-hybridized carbons (Fsp3) is 0.588. The average molecular weight is 752 g/mol. The van der Waals surface area contributed by atoms with Crippen LogP contribution in [0.5, 0.6) is 5.75 Å². The van der Waals surface area contributed by atoms with Gasteiger partial charge in [-0.3, -0.25) is 19.8 Å². The lowest BCUT2D eigenvalue weighted by molar-refractivity contribution is -0.166. The summed E-state index contributed by atoms with van der Waals surface area (Å²) in [5, 5.41) is 9.46. The van der Waals surface area contributed by atoms with Crippen LogP contribution in [0.4, 0.5) is 4.79 Å². The monoisotopic (exact) mass is 751 g/mol. The topological polar surface area (TPSA) is 254 Å². The van der Waals surface area contributed by atoms with Gasteiger partial charge in [0.15, 0.2) is 0 Å². The van der Waals surface area contributed by atoms with Crippen molar-refractivity contribution in [3.63, 3.8) is 0 Å². The minimum atomic E-state index is -1.92. The summed E-state index contributed by atoms with van der Waals surface area (Å²) in [6.45, 7) is 14.8. The molecule has 1 heterocycles. The molecule has 1 aromatic rings. The molecule has 1 aliphatic rings. The van der Waals surface area contributed by atoms with E-state index in [1.165, 1.54) is 0 Å². The molecule has 19 heteroatoms. The van der Waals surface area contributed by atoms with Crippen LogP contribution in [0.25, 0.3) is 0 Å². The normalized spacial score (nSPS) is 14.5. The average Bonchev–Trinajstić information content (AvgIpc) is 3.37. The Balaban J connectivity index is 2.38. The van der Waals surface area contributed by atoms with Crippen LogP contribution in [0.2, 0.25) is 0 Å². The largest absolute Gasteiger partial charge is 0.507 e. The molecule has 5 N–H and O–H groups in total. The Labute approximate surface area is 306 Å². The van der Waals surface area contributed by atoms with Crippen LogP contribution >= 0.6 is 0 Å². The molecule has 0 spiro atoms. The first-order chi connectivity index (χ1) is 24.4. The predicted molar refractivity (Wildman–Crippen MR) is 181 cm³/mol. The molecule has 1 aliphatic heterocycles. The van der Waals surface area contributed by atoms with E-state index in [9.17, 15) is 43.5 Å². The van der Waals surface area contributed by atoms with Gasteiger partial charge < -0.3 is 29.1 Å². The Kier molecular flexibility index (Phi) is 15.4. The van der Waals surface area contributed by atoms with Gasteiger partial charge in [0.1, 0.15) is 11.8 Å². The minimum Gasteiger partial charge on any atom is -0.450 e. The Morgan fingerprint density at radius 3 is 1.89 bits per heavy atom. The molecular formula is C34H49N5O14. The highest BCUT2D eigenvalue weighted by atomic mass is 16.7. The highest BCUT2D eigenvalue weighted by molar-refractivity contribution is 6.03. The molecule has 0 bridgehead atoms. The van der Waals surface area contributed by atoms with E-state index in [0.717, 1.165) is 18.2 Å². The van der Waals surface area contributed by atoms with Crippen molar-refractivity contribution in [2.75, 3.05) is 6.54 Å². The number of benzene rings is 1. The van der Waals surface area contributed by atoms with Gasteiger partial charge in [0.05, 0.1) is 21.8 Å². The summed E-state index contributed by atoms with van der Waals surface area (Å²) in [5.41, 5.74) is 5.74. The van der Waals surface area contributed by atoms with Gasteiger partial charge in [-0.05, 0) is 99.8 Å². The number of nitrogens with one attached hydrogen (secondary N) is 4. The number of carbonyl (C=O) groups is 8. The van der Waals surface area contributed by atoms with Gasteiger partial charge in [-0.2, -0.15) is 5.48 Å². The molecule has 0 aromatic heterocycles. The van der Waals surface area contributed by atoms with E-state index < -0.39 is 81.8 Å². The lowest BCUT2D eigenvalue weighted by Gasteiger charge is -2.27. The zero-order valence-corrected chi connectivity index (χ0v) is 31.3. The number of unbranched alkanes of at least 4 members (excludes halogenated alkanes) is 1. The summed E-state index contributed by atoms with van der Waals surface area (Å²) in [6, 6.07) is 2.03. The third-order valence-corrected chi connectivity index (χ3v) is 7.20. The number of hydrogen-bond donors (Lipinski definition) is 5. The lowest BCUT2D eigenvalue weighted by Crippen LogP contribution is -2.43.